The molecule has 0 radical (unpaired) electrons. The molecule has 1 aliphatic carbocycles. The van der Waals surface area contributed by atoms with E-state index >= 15 is 0 Å². The lowest BCUT2D eigenvalue weighted by molar-refractivity contribution is 0.255. The average molecular weight is 592 g/mol. The maximum atomic E-state index is 13.4. The summed E-state index contributed by atoms with van der Waals surface area (Å²) in [6.07, 6.45) is 9.75. The average Bonchev–Trinajstić information content (AvgIpc) is 3.05. The SMILES string of the molecule is Cc1ccc(Nc2ccnc(Nc3ccc(S(=O)N(C)C4CCC(NCc5cncc6ccccc56)CC4)cc3)n2)cc1. The molecule has 6 rings (SSSR count). The van der Waals surface area contributed by atoms with Crippen molar-refractivity contribution < 1.29 is 4.21 Å². The van der Waals surface area contributed by atoms with Gasteiger partial charge in [-0.2, -0.15) is 4.98 Å². The highest BCUT2D eigenvalue weighted by Gasteiger charge is 2.27. The summed E-state index contributed by atoms with van der Waals surface area (Å²) in [5.41, 5.74) is 4.24. The largest absolute Gasteiger partial charge is 0.340 e. The smallest absolute Gasteiger partial charge is 0.229 e. The van der Waals surface area contributed by atoms with Crippen LogP contribution in [-0.4, -0.2) is 42.6 Å². The molecule has 43 heavy (non-hydrogen) atoms. The number of hydrogen-bond donors (Lipinski definition) is 3. The number of nitrogens with one attached hydrogen (secondary N) is 3. The van der Waals surface area contributed by atoms with E-state index in [1.54, 1.807) is 6.20 Å². The minimum Gasteiger partial charge on any atom is -0.340 e. The molecule has 1 atom stereocenters. The van der Waals surface area contributed by atoms with Gasteiger partial charge in [0.2, 0.25) is 5.95 Å². The molecule has 1 unspecified atom stereocenters. The van der Waals surface area contributed by atoms with Crippen molar-refractivity contribution in [1.82, 2.24) is 24.6 Å². The van der Waals surface area contributed by atoms with Gasteiger partial charge in [0.15, 0.2) is 0 Å². The van der Waals surface area contributed by atoms with E-state index in [0.717, 1.165) is 48.5 Å². The number of fused-ring (bicyclic) bond motifs is 1. The van der Waals surface area contributed by atoms with E-state index in [0.29, 0.717) is 17.8 Å². The van der Waals surface area contributed by atoms with Crippen molar-refractivity contribution in [2.75, 3.05) is 17.7 Å². The molecule has 8 nitrogen and oxygen atoms in total. The fraction of sp³-hybridized carbons (Fsp3) is 0.265. The van der Waals surface area contributed by atoms with Gasteiger partial charge in [0.25, 0.3) is 0 Å². The Hall–Kier alpha value is -4.18. The number of aromatic nitrogens is 3. The molecule has 1 saturated carbocycles. The third-order valence-corrected chi connectivity index (χ3v) is 9.59. The molecule has 220 valence electrons. The van der Waals surface area contributed by atoms with E-state index < -0.39 is 11.0 Å². The van der Waals surface area contributed by atoms with Gasteiger partial charge in [-0.05, 0) is 86.0 Å². The van der Waals surface area contributed by atoms with Gasteiger partial charge in [-0.3, -0.25) is 4.98 Å². The molecule has 3 aromatic carbocycles. The van der Waals surface area contributed by atoms with Crippen molar-refractivity contribution in [2.24, 2.45) is 0 Å². The van der Waals surface area contributed by atoms with Crippen LogP contribution in [0.2, 0.25) is 0 Å². The summed E-state index contributed by atoms with van der Waals surface area (Å²) in [4.78, 5) is 14.1. The molecule has 0 saturated heterocycles. The van der Waals surface area contributed by atoms with E-state index in [4.69, 9.17) is 0 Å². The Labute approximate surface area is 255 Å². The molecule has 9 heteroatoms. The predicted octanol–water partition coefficient (Wildman–Crippen LogP) is 6.88. The van der Waals surface area contributed by atoms with E-state index in [9.17, 15) is 4.21 Å². The Morgan fingerprint density at radius 2 is 1.58 bits per heavy atom. The monoisotopic (exact) mass is 591 g/mol. The van der Waals surface area contributed by atoms with Crippen LogP contribution < -0.4 is 16.0 Å². The van der Waals surface area contributed by atoms with Crippen molar-refractivity contribution >= 4 is 44.9 Å². The normalized spacial score (nSPS) is 17.6. The van der Waals surface area contributed by atoms with Crippen LogP contribution >= 0.6 is 0 Å². The van der Waals surface area contributed by atoms with E-state index in [1.807, 2.05) is 66.2 Å². The molecule has 1 aliphatic rings. The second-order valence-electron chi connectivity index (χ2n) is 11.1. The van der Waals surface area contributed by atoms with Crippen molar-refractivity contribution in [3.63, 3.8) is 0 Å². The van der Waals surface area contributed by atoms with E-state index in [1.165, 1.54) is 21.9 Å². The quantitative estimate of drug-likeness (QED) is 0.163. The first-order valence-corrected chi connectivity index (χ1v) is 15.9. The molecule has 3 N–H and O–H groups in total. The van der Waals surface area contributed by atoms with E-state index in [2.05, 4.69) is 74.2 Å². The van der Waals surface area contributed by atoms with Gasteiger partial charge < -0.3 is 16.0 Å². The first kappa shape index (κ1) is 28.9. The number of aryl methyl sites for hydroxylation is 1. The molecule has 2 aromatic heterocycles. The summed E-state index contributed by atoms with van der Waals surface area (Å²) in [7, 11) is 0.742. The van der Waals surface area contributed by atoms with Gasteiger partial charge in [0.1, 0.15) is 16.8 Å². The fourth-order valence-corrected chi connectivity index (χ4v) is 6.76. The standard InChI is InChI=1S/C34H37N7OS/c1-24-7-9-28(10-8-24)38-33-19-20-36-34(40-33)39-29-13-17-31(18-14-29)43(42)41(2)30-15-11-27(12-16-30)37-23-26-22-35-21-25-5-3-4-6-32(25)26/h3-10,13-14,17-22,27,30,37H,11-12,15-16,23H2,1-2H3,(H2,36,38,39,40). The minimum absolute atomic E-state index is 0.285. The summed E-state index contributed by atoms with van der Waals surface area (Å²) in [6, 6.07) is 26.8. The van der Waals surface area contributed by atoms with E-state index in [-0.39, 0.29) is 6.04 Å². The highest BCUT2D eigenvalue weighted by Crippen LogP contribution is 2.27. The Bertz CT molecular complexity index is 1680. The summed E-state index contributed by atoms with van der Waals surface area (Å²) in [5.74, 6) is 1.20. The van der Waals surface area contributed by atoms with Crippen molar-refractivity contribution in [1.29, 1.82) is 0 Å². The second-order valence-corrected chi connectivity index (χ2v) is 12.7. The van der Waals surface area contributed by atoms with Crippen molar-refractivity contribution in [2.45, 2.75) is 56.1 Å². The molecule has 0 aliphatic heterocycles. The molecular formula is C34H37N7OS. The third kappa shape index (κ3) is 7.25. The lowest BCUT2D eigenvalue weighted by atomic mass is 9.91. The van der Waals surface area contributed by atoms with Crippen LogP contribution in [0, 0.1) is 6.92 Å². The van der Waals surface area contributed by atoms with Crippen LogP contribution in [0.5, 0.6) is 0 Å². The number of benzene rings is 3. The Morgan fingerprint density at radius 3 is 2.37 bits per heavy atom. The van der Waals surface area contributed by atoms with Crippen LogP contribution in [-0.2, 0) is 17.5 Å². The first-order valence-electron chi connectivity index (χ1n) is 14.8. The molecule has 0 spiro atoms. The third-order valence-electron chi connectivity index (χ3n) is 8.10. The Balaban J connectivity index is 0.995. The van der Waals surface area contributed by atoms with Crippen LogP contribution in [0.4, 0.5) is 23.1 Å². The molecule has 0 amide bonds. The highest BCUT2D eigenvalue weighted by molar-refractivity contribution is 7.82. The van der Waals surface area contributed by atoms with Crippen molar-refractivity contribution in [3.8, 4) is 0 Å². The predicted molar refractivity (Wildman–Crippen MR) is 175 cm³/mol. The van der Waals surface area contributed by atoms with Crippen LogP contribution in [0.3, 0.4) is 0 Å². The van der Waals surface area contributed by atoms with Gasteiger partial charge in [-0.25, -0.2) is 13.5 Å². The summed E-state index contributed by atoms with van der Waals surface area (Å²) in [5, 5.41) is 12.7. The number of hydrogen-bond acceptors (Lipinski definition) is 7. The minimum atomic E-state index is -1.23. The zero-order valence-corrected chi connectivity index (χ0v) is 25.3. The fourth-order valence-electron chi connectivity index (χ4n) is 5.58. The van der Waals surface area contributed by atoms with Gasteiger partial charge in [0.05, 0.1) is 4.90 Å². The molecular weight excluding hydrogens is 554 g/mol. The molecule has 0 bridgehead atoms. The van der Waals surface area contributed by atoms with Crippen molar-refractivity contribution in [3.05, 3.63) is 109 Å². The van der Waals surface area contributed by atoms with Crippen LogP contribution in [0.15, 0.2) is 102 Å². The first-order chi connectivity index (χ1) is 21.0. The molecule has 5 aromatic rings. The zero-order valence-electron chi connectivity index (χ0n) is 24.5. The van der Waals surface area contributed by atoms with Gasteiger partial charge in [0, 0.05) is 61.0 Å². The second kappa shape index (κ2) is 13.4. The Kier molecular flexibility index (Phi) is 9.02. The lowest BCUT2D eigenvalue weighted by Gasteiger charge is -2.34. The van der Waals surface area contributed by atoms with Crippen LogP contribution in [0.25, 0.3) is 10.8 Å². The highest BCUT2D eigenvalue weighted by atomic mass is 32.2. The number of pyridine rings is 1. The van der Waals surface area contributed by atoms with Gasteiger partial charge >= 0.3 is 0 Å². The summed E-state index contributed by atoms with van der Waals surface area (Å²) >= 11 is 0. The number of nitrogens with zero attached hydrogens (tertiary/aromatic N) is 4. The Morgan fingerprint density at radius 1 is 0.860 bits per heavy atom. The summed E-state index contributed by atoms with van der Waals surface area (Å²) in [6.45, 7) is 2.87. The van der Waals surface area contributed by atoms with Gasteiger partial charge in [-0.1, -0.05) is 42.0 Å². The summed E-state index contributed by atoms with van der Waals surface area (Å²) < 4.78 is 15.5. The van der Waals surface area contributed by atoms with Gasteiger partial charge in [-0.15, -0.1) is 0 Å². The number of rotatable bonds is 10. The number of anilines is 4. The topological polar surface area (TPSA) is 95.1 Å². The maximum Gasteiger partial charge on any atom is 0.229 e. The molecule has 1 fully saturated rings. The van der Waals surface area contributed by atoms with Crippen LogP contribution in [0.1, 0.15) is 36.8 Å². The zero-order chi connectivity index (χ0) is 29.6. The molecule has 2 heterocycles. The maximum absolute atomic E-state index is 13.4. The lowest BCUT2D eigenvalue weighted by Crippen LogP contribution is -2.41.